The van der Waals surface area contributed by atoms with Crippen LogP contribution in [0.25, 0.3) is 0 Å². The Labute approximate surface area is 104 Å². The summed E-state index contributed by atoms with van der Waals surface area (Å²) >= 11 is 0. The molecule has 18 heavy (non-hydrogen) atoms. The van der Waals surface area contributed by atoms with E-state index >= 15 is 0 Å². The molecule has 1 aromatic carbocycles. The summed E-state index contributed by atoms with van der Waals surface area (Å²) in [6, 6.07) is 5.08. The van der Waals surface area contributed by atoms with Crippen molar-refractivity contribution in [2.75, 3.05) is 13.7 Å². The minimum Gasteiger partial charge on any atom is -0.494 e. The van der Waals surface area contributed by atoms with Gasteiger partial charge in [0.1, 0.15) is 0 Å². The molecule has 0 aliphatic heterocycles. The highest BCUT2D eigenvalue weighted by atomic mass is 19.1. The zero-order valence-corrected chi connectivity index (χ0v) is 10.0. The topological polar surface area (TPSA) is 60.2 Å². The van der Waals surface area contributed by atoms with Crippen LogP contribution in [0.1, 0.15) is 11.5 Å². The fraction of sp³-hybridized carbons (Fsp3) is 0.333. The van der Waals surface area contributed by atoms with Gasteiger partial charge in [-0.2, -0.15) is 4.98 Å². The van der Waals surface area contributed by atoms with Crippen molar-refractivity contribution in [1.29, 1.82) is 0 Å². The van der Waals surface area contributed by atoms with Crippen LogP contribution in [0.3, 0.4) is 0 Å². The summed E-state index contributed by atoms with van der Waals surface area (Å²) in [5.41, 5.74) is 0.569. The van der Waals surface area contributed by atoms with Gasteiger partial charge in [-0.15, -0.1) is 0 Å². The monoisotopic (exact) mass is 251 g/mol. The molecule has 1 aromatic heterocycles. The van der Waals surface area contributed by atoms with Crippen molar-refractivity contribution >= 4 is 0 Å². The molecule has 1 heterocycles. The van der Waals surface area contributed by atoms with Crippen molar-refractivity contribution in [3.8, 4) is 5.75 Å². The molecule has 0 saturated heterocycles. The van der Waals surface area contributed by atoms with E-state index in [0.29, 0.717) is 31.0 Å². The molecule has 2 rings (SSSR count). The highest BCUT2D eigenvalue weighted by Gasteiger charge is 2.07. The van der Waals surface area contributed by atoms with E-state index in [1.807, 2.05) is 0 Å². The maximum absolute atomic E-state index is 13.8. The predicted molar refractivity (Wildman–Crippen MR) is 62.7 cm³/mol. The number of halogens is 1. The van der Waals surface area contributed by atoms with Crippen LogP contribution in [0, 0.1) is 5.82 Å². The summed E-state index contributed by atoms with van der Waals surface area (Å²) in [6.07, 6.45) is 1.97. The van der Waals surface area contributed by atoms with E-state index in [1.54, 1.807) is 18.2 Å². The first-order valence-electron chi connectivity index (χ1n) is 5.59. The van der Waals surface area contributed by atoms with E-state index in [4.69, 9.17) is 9.26 Å². The molecule has 0 unspecified atom stereocenters. The van der Waals surface area contributed by atoms with Crippen molar-refractivity contribution in [2.45, 2.75) is 13.0 Å². The van der Waals surface area contributed by atoms with Crippen molar-refractivity contribution in [3.05, 3.63) is 41.8 Å². The fourth-order valence-corrected chi connectivity index (χ4v) is 1.57. The Morgan fingerprint density at radius 3 is 3.06 bits per heavy atom. The minimum atomic E-state index is -0.328. The number of ether oxygens (including phenoxy) is 1. The number of hydrogen-bond donors (Lipinski definition) is 1. The molecule has 0 fully saturated rings. The zero-order valence-electron chi connectivity index (χ0n) is 10.0. The maximum Gasteiger partial charge on any atom is 0.227 e. The van der Waals surface area contributed by atoms with Crippen LogP contribution in [0.4, 0.5) is 4.39 Å². The molecule has 6 heteroatoms. The van der Waals surface area contributed by atoms with Crippen LogP contribution in [-0.2, 0) is 13.0 Å². The van der Waals surface area contributed by atoms with Gasteiger partial charge >= 0.3 is 0 Å². The molecule has 0 bridgehead atoms. The number of hydrogen-bond acceptors (Lipinski definition) is 5. The van der Waals surface area contributed by atoms with E-state index in [2.05, 4.69) is 15.5 Å². The lowest BCUT2D eigenvalue weighted by Crippen LogP contribution is -2.17. The van der Waals surface area contributed by atoms with Gasteiger partial charge in [-0.05, 0) is 6.07 Å². The van der Waals surface area contributed by atoms with E-state index in [9.17, 15) is 4.39 Å². The van der Waals surface area contributed by atoms with Crippen LogP contribution < -0.4 is 10.1 Å². The molecule has 0 radical (unpaired) electrons. The Hall–Kier alpha value is -1.95. The molecule has 0 spiro atoms. The molecule has 0 saturated carbocycles. The minimum absolute atomic E-state index is 0.256. The molecule has 0 aliphatic rings. The summed E-state index contributed by atoms with van der Waals surface area (Å²) in [5, 5.41) is 6.61. The molecule has 96 valence electrons. The maximum atomic E-state index is 13.8. The highest BCUT2D eigenvalue weighted by Crippen LogP contribution is 2.19. The first-order valence-corrected chi connectivity index (χ1v) is 5.59. The lowest BCUT2D eigenvalue weighted by Gasteiger charge is -2.07. The second kappa shape index (κ2) is 6.11. The quantitative estimate of drug-likeness (QED) is 0.789. The summed E-state index contributed by atoms with van der Waals surface area (Å²) in [6.45, 7) is 1.07. The molecular formula is C12H14FN3O2. The molecule has 0 aliphatic carbocycles. The van der Waals surface area contributed by atoms with Crippen molar-refractivity contribution in [3.63, 3.8) is 0 Å². The van der Waals surface area contributed by atoms with E-state index < -0.39 is 0 Å². The predicted octanol–water partition coefficient (Wildman–Crippen LogP) is 1.55. The van der Waals surface area contributed by atoms with Crippen LogP contribution >= 0.6 is 0 Å². The number of nitrogens with one attached hydrogen (secondary N) is 1. The van der Waals surface area contributed by atoms with Gasteiger partial charge in [0.25, 0.3) is 0 Å². The Morgan fingerprint density at radius 1 is 1.44 bits per heavy atom. The van der Waals surface area contributed by atoms with Gasteiger partial charge < -0.3 is 14.6 Å². The first-order chi connectivity index (χ1) is 8.81. The van der Waals surface area contributed by atoms with E-state index in [-0.39, 0.29) is 11.6 Å². The van der Waals surface area contributed by atoms with Crippen LogP contribution in [-0.4, -0.2) is 23.8 Å². The smallest absolute Gasteiger partial charge is 0.227 e. The SMILES string of the molecule is COc1cccc(CNCCc2ncno2)c1F. The number of aromatic nitrogens is 2. The van der Waals surface area contributed by atoms with Crippen molar-refractivity contribution < 1.29 is 13.7 Å². The van der Waals surface area contributed by atoms with E-state index in [1.165, 1.54) is 13.4 Å². The largest absolute Gasteiger partial charge is 0.494 e. The molecule has 1 N–H and O–H groups in total. The summed E-state index contributed by atoms with van der Waals surface area (Å²) in [5.74, 6) is 0.491. The van der Waals surface area contributed by atoms with Crippen LogP contribution in [0.2, 0.25) is 0 Å². The summed E-state index contributed by atoms with van der Waals surface area (Å²) in [7, 11) is 1.45. The average Bonchev–Trinajstić information content (AvgIpc) is 2.89. The molecule has 0 atom stereocenters. The summed E-state index contributed by atoms with van der Waals surface area (Å²) < 4.78 is 23.5. The average molecular weight is 251 g/mol. The van der Waals surface area contributed by atoms with Gasteiger partial charge in [0, 0.05) is 25.1 Å². The number of methoxy groups -OCH3 is 1. The molecular weight excluding hydrogens is 237 g/mol. The Balaban J connectivity index is 1.83. The second-order valence-electron chi connectivity index (χ2n) is 3.70. The van der Waals surface area contributed by atoms with Gasteiger partial charge in [0.15, 0.2) is 17.9 Å². The van der Waals surface area contributed by atoms with Gasteiger partial charge in [-0.1, -0.05) is 17.3 Å². The fourth-order valence-electron chi connectivity index (χ4n) is 1.57. The second-order valence-corrected chi connectivity index (χ2v) is 3.70. The summed E-state index contributed by atoms with van der Waals surface area (Å²) in [4.78, 5) is 3.89. The third-order valence-corrected chi connectivity index (χ3v) is 2.50. The Morgan fingerprint density at radius 2 is 2.33 bits per heavy atom. The molecule has 0 amide bonds. The van der Waals surface area contributed by atoms with Gasteiger partial charge in [0.2, 0.25) is 5.89 Å². The van der Waals surface area contributed by atoms with E-state index in [0.717, 1.165) is 0 Å². The van der Waals surface area contributed by atoms with Gasteiger partial charge in [-0.25, -0.2) is 4.39 Å². The number of benzene rings is 1. The van der Waals surface area contributed by atoms with Gasteiger partial charge in [0.05, 0.1) is 7.11 Å². The lowest BCUT2D eigenvalue weighted by molar-refractivity contribution is 0.373. The van der Waals surface area contributed by atoms with Crippen molar-refractivity contribution in [1.82, 2.24) is 15.5 Å². The number of nitrogens with zero attached hydrogens (tertiary/aromatic N) is 2. The standard InChI is InChI=1S/C12H14FN3O2/c1-17-10-4-2-3-9(12(10)13)7-14-6-5-11-15-8-16-18-11/h2-4,8,14H,5-7H2,1H3. The van der Waals surface area contributed by atoms with Crippen molar-refractivity contribution in [2.24, 2.45) is 0 Å². The first kappa shape index (κ1) is 12.5. The van der Waals surface area contributed by atoms with Crippen LogP contribution in [0.5, 0.6) is 5.75 Å². The van der Waals surface area contributed by atoms with Crippen LogP contribution in [0.15, 0.2) is 29.0 Å². The lowest BCUT2D eigenvalue weighted by atomic mass is 10.2. The third kappa shape index (κ3) is 3.04. The Bertz CT molecular complexity index is 488. The van der Waals surface area contributed by atoms with Gasteiger partial charge in [-0.3, -0.25) is 0 Å². The normalized spacial score (nSPS) is 10.6. The zero-order chi connectivity index (χ0) is 12.8. The third-order valence-electron chi connectivity index (χ3n) is 2.50. The Kier molecular flexibility index (Phi) is 4.25. The molecule has 2 aromatic rings. The number of rotatable bonds is 6. The molecule has 5 nitrogen and oxygen atoms in total. The highest BCUT2D eigenvalue weighted by molar-refractivity contribution is 5.30.